The molecule has 0 aliphatic carbocycles. The Morgan fingerprint density at radius 1 is 1.35 bits per heavy atom. The van der Waals surface area contributed by atoms with E-state index in [0.29, 0.717) is 6.61 Å². The molecule has 17 heavy (non-hydrogen) atoms. The molecular formula is C14H20O3. The van der Waals surface area contributed by atoms with Crippen molar-refractivity contribution >= 4 is 5.97 Å². The number of esters is 1. The molecule has 0 radical (unpaired) electrons. The summed E-state index contributed by atoms with van der Waals surface area (Å²) in [6.45, 7) is 4.16. The van der Waals surface area contributed by atoms with Gasteiger partial charge in [-0.1, -0.05) is 31.2 Å². The second kappa shape index (κ2) is 7.07. The first kappa shape index (κ1) is 13.7. The van der Waals surface area contributed by atoms with Crippen LogP contribution in [-0.2, 0) is 22.6 Å². The van der Waals surface area contributed by atoms with Crippen LogP contribution in [0.25, 0.3) is 0 Å². The normalized spacial score (nSPS) is 12.2. The van der Waals surface area contributed by atoms with Crippen LogP contribution in [0.4, 0.5) is 0 Å². The van der Waals surface area contributed by atoms with Crippen LogP contribution >= 0.6 is 0 Å². The second-order valence-electron chi connectivity index (χ2n) is 4.12. The maximum absolute atomic E-state index is 11.4. The smallest absolute Gasteiger partial charge is 0.308 e. The fourth-order valence-corrected chi connectivity index (χ4v) is 1.73. The lowest BCUT2D eigenvalue weighted by atomic mass is 9.98. The summed E-state index contributed by atoms with van der Waals surface area (Å²) in [7, 11) is 0. The first-order valence-corrected chi connectivity index (χ1v) is 6.03. The van der Waals surface area contributed by atoms with Gasteiger partial charge in [-0.25, -0.2) is 0 Å². The maximum Gasteiger partial charge on any atom is 0.308 e. The Kier molecular flexibility index (Phi) is 5.70. The van der Waals surface area contributed by atoms with Crippen LogP contribution in [0.3, 0.4) is 0 Å². The van der Waals surface area contributed by atoms with E-state index in [9.17, 15) is 9.90 Å². The monoisotopic (exact) mass is 236 g/mol. The minimum Gasteiger partial charge on any atom is -0.466 e. The van der Waals surface area contributed by atoms with Crippen LogP contribution in [0.2, 0.25) is 0 Å². The van der Waals surface area contributed by atoms with Gasteiger partial charge in [0.05, 0.1) is 19.1 Å². The molecule has 94 valence electrons. The molecule has 1 aromatic carbocycles. The largest absolute Gasteiger partial charge is 0.466 e. The first-order chi connectivity index (χ1) is 8.19. The zero-order valence-corrected chi connectivity index (χ0v) is 10.5. The van der Waals surface area contributed by atoms with Crippen molar-refractivity contribution in [3.63, 3.8) is 0 Å². The molecule has 0 aromatic heterocycles. The van der Waals surface area contributed by atoms with Crippen molar-refractivity contribution in [2.45, 2.75) is 33.3 Å². The van der Waals surface area contributed by atoms with Gasteiger partial charge in [0.1, 0.15) is 0 Å². The molecule has 0 bridgehead atoms. The van der Waals surface area contributed by atoms with E-state index in [-0.39, 0.29) is 18.5 Å². The summed E-state index contributed by atoms with van der Waals surface area (Å²) in [5.41, 5.74) is 2.04. The highest BCUT2D eigenvalue weighted by atomic mass is 16.5. The number of benzene rings is 1. The predicted molar refractivity (Wildman–Crippen MR) is 66.5 cm³/mol. The third-order valence-electron chi connectivity index (χ3n) is 2.82. The van der Waals surface area contributed by atoms with E-state index >= 15 is 0 Å². The van der Waals surface area contributed by atoms with Crippen molar-refractivity contribution in [2.75, 3.05) is 6.61 Å². The summed E-state index contributed by atoms with van der Waals surface area (Å²) < 4.78 is 4.96. The Bertz CT molecular complexity index is 360. The Balaban J connectivity index is 2.52. The number of hydrogen-bond donors (Lipinski definition) is 1. The van der Waals surface area contributed by atoms with Crippen molar-refractivity contribution < 1.29 is 14.6 Å². The number of ether oxygens (including phenoxy) is 1. The van der Waals surface area contributed by atoms with Crippen molar-refractivity contribution in [3.8, 4) is 0 Å². The fraction of sp³-hybridized carbons (Fsp3) is 0.500. The Labute approximate surface area is 102 Å². The molecular weight excluding hydrogens is 216 g/mol. The van der Waals surface area contributed by atoms with Crippen molar-refractivity contribution in [2.24, 2.45) is 5.92 Å². The lowest BCUT2D eigenvalue weighted by Gasteiger charge is -2.11. The van der Waals surface area contributed by atoms with Gasteiger partial charge in [0.2, 0.25) is 0 Å². The topological polar surface area (TPSA) is 46.5 Å². The Hall–Kier alpha value is -1.35. The van der Waals surface area contributed by atoms with E-state index in [4.69, 9.17) is 4.74 Å². The Morgan fingerprint density at radius 3 is 2.59 bits per heavy atom. The second-order valence-corrected chi connectivity index (χ2v) is 4.12. The van der Waals surface area contributed by atoms with E-state index in [1.165, 1.54) is 0 Å². The van der Waals surface area contributed by atoms with E-state index < -0.39 is 0 Å². The zero-order valence-electron chi connectivity index (χ0n) is 10.5. The number of hydrogen-bond acceptors (Lipinski definition) is 3. The quantitative estimate of drug-likeness (QED) is 0.771. The summed E-state index contributed by atoms with van der Waals surface area (Å²) in [4.78, 5) is 11.4. The number of aliphatic hydroxyl groups is 1. The number of rotatable bonds is 6. The summed E-state index contributed by atoms with van der Waals surface area (Å²) in [5.74, 6) is -0.240. The maximum atomic E-state index is 11.4. The van der Waals surface area contributed by atoms with Crippen LogP contribution in [0, 0.1) is 5.92 Å². The highest BCUT2D eigenvalue weighted by molar-refractivity contribution is 5.71. The summed E-state index contributed by atoms with van der Waals surface area (Å²) in [6.07, 6.45) is 1.53. The molecule has 0 spiro atoms. The van der Waals surface area contributed by atoms with Crippen molar-refractivity contribution in [1.29, 1.82) is 0 Å². The van der Waals surface area contributed by atoms with Crippen molar-refractivity contribution in [1.82, 2.24) is 0 Å². The van der Waals surface area contributed by atoms with Crippen LogP contribution in [0.1, 0.15) is 31.4 Å². The number of carbonyl (C=O) groups excluding carboxylic acids is 1. The number of aryl methyl sites for hydroxylation is 1. The lowest BCUT2D eigenvalue weighted by Crippen LogP contribution is -2.15. The van der Waals surface area contributed by atoms with Crippen LogP contribution in [0.15, 0.2) is 24.3 Å². The molecule has 0 heterocycles. The van der Waals surface area contributed by atoms with Gasteiger partial charge in [0, 0.05) is 0 Å². The van der Waals surface area contributed by atoms with E-state index in [1.807, 2.05) is 38.1 Å². The highest BCUT2D eigenvalue weighted by Crippen LogP contribution is 2.15. The standard InChI is InChI=1S/C14H20O3/c1-3-17-14(16)11(2)8-9-12-6-4-5-7-13(12)10-15/h4-7,11,15H,3,8-10H2,1-2H3. The molecule has 3 heteroatoms. The van der Waals surface area contributed by atoms with Gasteiger partial charge in [-0.15, -0.1) is 0 Å². The molecule has 0 fully saturated rings. The molecule has 0 aliphatic rings. The SMILES string of the molecule is CCOC(=O)C(C)CCc1ccccc1CO. The van der Waals surface area contributed by atoms with Crippen LogP contribution in [-0.4, -0.2) is 17.7 Å². The van der Waals surface area contributed by atoms with Crippen LogP contribution < -0.4 is 0 Å². The molecule has 1 unspecified atom stereocenters. The molecule has 1 atom stereocenters. The van der Waals surface area contributed by atoms with E-state index in [2.05, 4.69) is 0 Å². The van der Waals surface area contributed by atoms with E-state index in [1.54, 1.807) is 0 Å². The molecule has 0 saturated heterocycles. The average Bonchev–Trinajstić information content (AvgIpc) is 2.36. The lowest BCUT2D eigenvalue weighted by molar-refractivity contribution is -0.147. The zero-order chi connectivity index (χ0) is 12.7. The molecule has 0 amide bonds. The number of carbonyl (C=O) groups is 1. The summed E-state index contributed by atoms with van der Waals surface area (Å²) >= 11 is 0. The molecule has 0 aliphatic heterocycles. The first-order valence-electron chi connectivity index (χ1n) is 6.03. The van der Waals surface area contributed by atoms with Crippen molar-refractivity contribution in [3.05, 3.63) is 35.4 Å². The van der Waals surface area contributed by atoms with Gasteiger partial charge in [-0.2, -0.15) is 0 Å². The van der Waals surface area contributed by atoms with Gasteiger partial charge in [-0.3, -0.25) is 4.79 Å². The third kappa shape index (κ3) is 4.19. The molecule has 0 saturated carbocycles. The minimum atomic E-state index is -0.144. The van der Waals surface area contributed by atoms with Gasteiger partial charge in [-0.05, 0) is 30.9 Å². The van der Waals surface area contributed by atoms with Gasteiger partial charge in [0.15, 0.2) is 0 Å². The van der Waals surface area contributed by atoms with Crippen LogP contribution in [0.5, 0.6) is 0 Å². The molecule has 1 rings (SSSR count). The third-order valence-corrected chi connectivity index (χ3v) is 2.82. The predicted octanol–water partition coefficient (Wildman–Crippen LogP) is 2.31. The van der Waals surface area contributed by atoms with Gasteiger partial charge in [0.25, 0.3) is 0 Å². The van der Waals surface area contributed by atoms with Gasteiger partial charge < -0.3 is 9.84 Å². The van der Waals surface area contributed by atoms with E-state index in [0.717, 1.165) is 24.0 Å². The molecule has 3 nitrogen and oxygen atoms in total. The number of aliphatic hydroxyl groups excluding tert-OH is 1. The molecule has 1 N–H and O–H groups in total. The Morgan fingerprint density at radius 2 is 2.00 bits per heavy atom. The summed E-state index contributed by atoms with van der Waals surface area (Å²) in [6, 6.07) is 7.75. The highest BCUT2D eigenvalue weighted by Gasteiger charge is 2.14. The minimum absolute atomic E-state index is 0.0456. The average molecular weight is 236 g/mol. The summed E-state index contributed by atoms with van der Waals surface area (Å²) in [5, 5.41) is 9.19. The molecule has 1 aromatic rings. The fourth-order valence-electron chi connectivity index (χ4n) is 1.73. The van der Waals surface area contributed by atoms with Gasteiger partial charge >= 0.3 is 5.97 Å².